The summed E-state index contributed by atoms with van der Waals surface area (Å²) in [4.78, 5) is 0. The molecule has 1 aromatic carbocycles. The monoisotopic (exact) mass is 237 g/mol. The lowest BCUT2D eigenvalue weighted by atomic mass is 9.93. The Morgan fingerprint density at radius 2 is 2.06 bits per heavy atom. The highest BCUT2D eigenvalue weighted by atomic mass is 32.2. The number of hydrogen-bond donors (Lipinski definition) is 1. The van der Waals surface area contributed by atoms with E-state index in [1.165, 1.54) is 29.7 Å². The van der Waals surface area contributed by atoms with E-state index in [-0.39, 0.29) is 0 Å². The van der Waals surface area contributed by atoms with Gasteiger partial charge in [-0.2, -0.15) is 11.8 Å². The normalized spacial score (nSPS) is 12.7. The highest BCUT2D eigenvalue weighted by Crippen LogP contribution is 2.17. The quantitative estimate of drug-likeness (QED) is 0.737. The number of nitrogens with two attached hydrogens (primary N) is 1. The minimum absolute atomic E-state index is 0.647. The Kier molecular flexibility index (Phi) is 6.58. The molecule has 1 atom stereocenters. The molecule has 0 spiro atoms. The molecule has 2 N–H and O–H groups in total. The zero-order chi connectivity index (χ0) is 11.8. The van der Waals surface area contributed by atoms with Gasteiger partial charge in [0.2, 0.25) is 0 Å². The summed E-state index contributed by atoms with van der Waals surface area (Å²) in [6, 6.07) is 8.64. The highest BCUT2D eigenvalue weighted by molar-refractivity contribution is 7.98. The van der Waals surface area contributed by atoms with Gasteiger partial charge in [-0.25, -0.2) is 0 Å². The van der Waals surface area contributed by atoms with Gasteiger partial charge in [-0.1, -0.05) is 24.3 Å². The Hall–Kier alpha value is -0.470. The standard InChI is InChI=1S/C14H23NS/c1-12-6-3-4-8-14(12)10-13(11-15)7-5-9-16-2/h3-4,6,8,13H,5,7,9-11,15H2,1-2H3. The van der Waals surface area contributed by atoms with Gasteiger partial charge in [-0.15, -0.1) is 0 Å². The first-order valence-electron chi connectivity index (χ1n) is 6.01. The van der Waals surface area contributed by atoms with E-state index in [1.807, 2.05) is 11.8 Å². The predicted molar refractivity (Wildman–Crippen MR) is 75.0 cm³/mol. The van der Waals surface area contributed by atoms with Gasteiger partial charge in [0, 0.05) is 0 Å². The number of hydrogen-bond acceptors (Lipinski definition) is 2. The van der Waals surface area contributed by atoms with Crippen LogP contribution in [0.4, 0.5) is 0 Å². The average Bonchev–Trinajstić information content (AvgIpc) is 2.30. The van der Waals surface area contributed by atoms with Crippen molar-refractivity contribution in [2.24, 2.45) is 11.7 Å². The van der Waals surface area contributed by atoms with Crippen LogP contribution in [0.5, 0.6) is 0 Å². The molecule has 0 heterocycles. The second kappa shape index (κ2) is 7.75. The molecule has 0 saturated heterocycles. The maximum atomic E-state index is 5.85. The largest absolute Gasteiger partial charge is 0.330 e. The summed E-state index contributed by atoms with van der Waals surface area (Å²) in [5.41, 5.74) is 8.70. The van der Waals surface area contributed by atoms with E-state index in [4.69, 9.17) is 5.73 Å². The summed E-state index contributed by atoms with van der Waals surface area (Å²) in [7, 11) is 0. The van der Waals surface area contributed by atoms with E-state index < -0.39 is 0 Å². The molecule has 0 fully saturated rings. The van der Waals surface area contributed by atoms with Gasteiger partial charge in [0.1, 0.15) is 0 Å². The number of aryl methyl sites for hydroxylation is 1. The maximum Gasteiger partial charge on any atom is -0.00457 e. The molecule has 1 unspecified atom stereocenters. The molecule has 0 bridgehead atoms. The molecule has 90 valence electrons. The lowest BCUT2D eigenvalue weighted by Gasteiger charge is -2.15. The van der Waals surface area contributed by atoms with E-state index in [2.05, 4.69) is 37.4 Å². The zero-order valence-corrected chi connectivity index (χ0v) is 11.2. The summed E-state index contributed by atoms with van der Waals surface area (Å²) in [5, 5.41) is 0. The smallest absolute Gasteiger partial charge is 0.00457 e. The van der Waals surface area contributed by atoms with Crippen LogP contribution in [0.3, 0.4) is 0 Å². The van der Waals surface area contributed by atoms with Crippen molar-refractivity contribution in [3.05, 3.63) is 35.4 Å². The lowest BCUT2D eigenvalue weighted by Crippen LogP contribution is -2.17. The first kappa shape index (κ1) is 13.6. The zero-order valence-electron chi connectivity index (χ0n) is 10.4. The molecular formula is C14H23NS. The van der Waals surface area contributed by atoms with Crippen molar-refractivity contribution in [1.82, 2.24) is 0 Å². The lowest BCUT2D eigenvalue weighted by molar-refractivity contribution is 0.488. The molecule has 0 amide bonds. The summed E-state index contributed by atoms with van der Waals surface area (Å²) in [6.45, 7) is 2.99. The van der Waals surface area contributed by atoms with Gasteiger partial charge in [0.25, 0.3) is 0 Å². The van der Waals surface area contributed by atoms with Crippen LogP contribution in [-0.4, -0.2) is 18.6 Å². The van der Waals surface area contributed by atoms with Crippen LogP contribution in [0, 0.1) is 12.8 Å². The third-order valence-corrected chi connectivity index (χ3v) is 3.76. The first-order valence-corrected chi connectivity index (χ1v) is 7.40. The van der Waals surface area contributed by atoms with Gasteiger partial charge in [0.05, 0.1) is 0 Å². The Balaban J connectivity index is 2.46. The fourth-order valence-electron chi connectivity index (χ4n) is 1.97. The number of rotatable bonds is 7. The van der Waals surface area contributed by atoms with E-state index >= 15 is 0 Å². The summed E-state index contributed by atoms with van der Waals surface area (Å²) in [5.74, 6) is 1.90. The minimum Gasteiger partial charge on any atom is -0.330 e. The SMILES string of the molecule is CSCCCC(CN)Cc1ccccc1C. The molecule has 16 heavy (non-hydrogen) atoms. The van der Waals surface area contributed by atoms with Gasteiger partial charge < -0.3 is 5.73 Å². The van der Waals surface area contributed by atoms with Crippen molar-refractivity contribution < 1.29 is 0 Å². The topological polar surface area (TPSA) is 26.0 Å². The summed E-state index contributed by atoms with van der Waals surface area (Å²) >= 11 is 1.92. The Bertz CT molecular complexity index is 299. The summed E-state index contributed by atoms with van der Waals surface area (Å²) in [6.07, 6.45) is 5.84. The average molecular weight is 237 g/mol. The van der Waals surface area contributed by atoms with Crippen LogP contribution >= 0.6 is 11.8 Å². The van der Waals surface area contributed by atoms with Crippen molar-refractivity contribution in [2.45, 2.75) is 26.2 Å². The van der Waals surface area contributed by atoms with Crippen LogP contribution in [0.25, 0.3) is 0 Å². The molecule has 1 rings (SSSR count). The van der Waals surface area contributed by atoms with Crippen LogP contribution in [0.2, 0.25) is 0 Å². The molecule has 0 saturated carbocycles. The number of thioether (sulfide) groups is 1. The van der Waals surface area contributed by atoms with E-state index in [1.54, 1.807) is 0 Å². The second-order valence-electron chi connectivity index (χ2n) is 4.37. The molecular weight excluding hydrogens is 214 g/mol. The van der Waals surface area contributed by atoms with Crippen molar-refractivity contribution in [2.75, 3.05) is 18.6 Å². The van der Waals surface area contributed by atoms with Crippen molar-refractivity contribution in [1.29, 1.82) is 0 Å². The molecule has 1 aromatic rings. The molecule has 0 aliphatic carbocycles. The van der Waals surface area contributed by atoms with E-state index in [0.29, 0.717) is 5.92 Å². The molecule has 0 aromatic heterocycles. The summed E-state index contributed by atoms with van der Waals surface area (Å²) < 4.78 is 0. The van der Waals surface area contributed by atoms with E-state index in [0.717, 1.165) is 13.0 Å². The molecule has 2 heteroatoms. The fourth-order valence-corrected chi connectivity index (χ4v) is 2.43. The van der Waals surface area contributed by atoms with Crippen LogP contribution in [-0.2, 0) is 6.42 Å². The molecule has 0 aliphatic rings. The minimum atomic E-state index is 0.647. The molecule has 0 radical (unpaired) electrons. The van der Waals surface area contributed by atoms with Crippen molar-refractivity contribution in [3.8, 4) is 0 Å². The fraction of sp³-hybridized carbons (Fsp3) is 0.571. The van der Waals surface area contributed by atoms with Gasteiger partial charge in [0.15, 0.2) is 0 Å². The predicted octanol–water partition coefficient (Wildman–Crippen LogP) is 3.26. The van der Waals surface area contributed by atoms with Crippen molar-refractivity contribution >= 4 is 11.8 Å². The van der Waals surface area contributed by atoms with Crippen LogP contribution in [0.1, 0.15) is 24.0 Å². The number of benzene rings is 1. The Morgan fingerprint density at radius 3 is 2.69 bits per heavy atom. The third kappa shape index (κ3) is 4.58. The second-order valence-corrected chi connectivity index (χ2v) is 5.35. The Labute approximate surface area is 104 Å². The van der Waals surface area contributed by atoms with Gasteiger partial charge in [-0.3, -0.25) is 0 Å². The van der Waals surface area contributed by atoms with Crippen LogP contribution < -0.4 is 5.73 Å². The highest BCUT2D eigenvalue weighted by Gasteiger charge is 2.08. The van der Waals surface area contributed by atoms with Gasteiger partial charge in [-0.05, 0) is 61.8 Å². The maximum absolute atomic E-state index is 5.85. The van der Waals surface area contributed by atoms with Gasteiger partial charge >= 0.3 is 0 Å². The third-order valence-electron chi connectivity index (χ3n) is 3.06. The Morgan fingerprint density at radius 1 is 1.31 bits per heavy atom. The van der Waals surface area contributed by atoms with E-state index in [9.17, 15) is 0 Å². The molecule has 1 nitrogen and oxygen atoms in total. The van der Waals surface area contributed by atoms with Crippen molar-refractivity contribution in [3.63, 3.8) is 0 Å². The first-order chi connectivity index (χ1) is 7.77. The van der Waals surface area contributed by atoms with Crippen LogP contribution in [0.15, 0.2) is 24.3 Å². The molecule has 0 aliphatic heterocycles.